The Morgan fingerprint density at radius 3 is 2.60 bits per heavy atom. The standard InChI is InChI=1S/C40H27NOS/c1-2-12-26-24(10-1)11-9-17-32(26)41-33-16-6-3-14-28(33)38-30(23-37-39(40(38)41)29-15-5-8-19-36(29)43-37)25-20-21-35-31(22-25)27-13-4-7-18-34(27)42-35/h1-5,7-15,17-23,26,32H,6,16H2. The van der Waals surface area contributed by atoms with E-state index in [9.17, 15) is 0 Å². The van der Waals surface area contributed by atoms with Gasteiger partial charge in [0.1, 0.15) is 11.2 Å². The average molecular weight is 570 g/mol. The second kappa shape index (κ2) is 8.82. The van der Waals surface area contributed by atoms with Crippen LogP contribution in [-0.2, 0) is 6.42 Å². The van der Waals surface area contributed by atoms with Crippen molar-refractivity contribution >= 4 is 70.4 Å². The van der Waals surface area contributed by atoms with Crippen LogP contribution in [0.2, 0.25) is 0 Å². The summed E-state index contributed by atoms with van der Waals surface area (Å²) in [6.45, 7) is 0. The van der Waals surface area contributed by atoms with Crippen molar-refractivity contribution in [2.75, 3.05) is 0 Å². The number of aromatic nitrogens is 1. The van der Waals surface area contributed by atoms with Gasteiger partial charge in [-0.3, -0.25) is 0 Å². The molecule has 7 aromatic rings. The summed E-state index contributed by atoms with van der Waals surface area (Å²) in [6, 6.07) is 26.8. The topological polar surface area (TPSA) is 18.1 Å². The van der Waals surface area contributed by atoms with E-state index < -0.39 is 0 Å². The van der Waals surface area contributed by atoms with Crippen molar-refractivity contribution < 1.29 is 4.42 Å². The predicted octanol–water partition coefficient (Wildman–Crippen LogP) is 11.3. The summed E-state index contributed by atoms with van der Waals surface area (Å²) in [4.78, 5) is 0. The highest BCUT2D eigenvalue weighted by molar-refractivity contribution is 7.26. The lowest BCUT2D eigenvalue weighted by Gasteiger charge is -2.31. The minimum Gasteiger partial charge on any atom is -0.456 e. The third kappa shape index (κ3) is 3.29. The van der Waals surface area contributed by atoms with E-state index in [1.807, 2.05) is 17.4 Å². The summed E-state index contributed by atoms with van der Waals surface area (Å²) in [7, 11) is 0. The molecule has 2 nitrogen and oxygen atoms in total. The summed E-state index contributed by atoms with van der Waals surface area (Å²) in [5, 5.41) is 6.45. The molecule has 0 amide bonds. The largest absolute Gasteiger partial charge is 0.456 e. The van der Waals surface area contributed by atoms with Crippen molar-refractivity contribution in [3.63, 3.8) is 0 Å². The van der Waals surface area contributed by atoms with Crippen LogP contribution >= 0.6 is 11.3 Å². The van der Waals surface area contributed by atoms with Gasteiger partial charge in [0.2, 0.25) is 0 Å². The van der Waals surface area contributed by atoms with Crippen LogP contribution in [0.5, 0.6) is 0 Å². The molecule has 0 spiro atoms. The van der Waals surface area contributed by atoms with E-state index >= 15 is 0 Å². The molecule has 10 rings (SSSR count). The van der Waals surface area contributed by atoms with E-state index in [0.29, 0.717) is 5.92 Å². The summed E-state index contributed by atoms with van der Waals surface area (Å²) < 4.78 is 11.6. The molecule has 2 unspecified atom stereocenters. The molecule has 2 atom stereocenters. The van der Waals surface area contributed by atoms with Crippen molar-refractivity contribution in [1.29, 1.82) is 0 Å². The van der Waals surface area contributed by atoms with Crippen LogP contribution in [0.3, 0.4) is 0 Å². The summed E-state index contributed by atoms with van der Waals surface area (Å²) >= 11 is 1.91. The molecule has 3 aromatic heterocycles. The molecule has 3 aliphatic rings. The monoisotopic (exact) mass is 569 g/mol. The van der Waals surface area contributed by atoms with Crippen molar-refractivity contribution in [3.05, 3.63) is 138 Å². The number of furan rings is 1. The minimum atomic E-state index is 0.219. The second-order valence-corrected chi connectivity index (χ2v) is 13.0. The molecule has 0 fully saturated rings. The van der Waals surface area contributed by atoms with Crippen LogP contribution in [0.25, 0.3) is 70.2 Å². The van der Waals surface area contributed by atoms with Gasteiger partial charge in [0.25, 0.3) is 0 Å². The molecule has 0 bridgehead atoms. The highest BCUT2D eigenvalue weighted by Gasteiger charge is 2.32. The van der Waals surface area contributed by atoms with Gasteiger partial charge in [-0.25, -0.2) is 0 Å². The maximum absolute atomic E-state index is 6.23. The number of rotatable bonds is 2. The molecule has 43 heavy (non-hydrogen) atoms. The Hall–Kier alpha value is -4.86. The molecule has 0 saturated heterocycles. The molecule has 0 radical (unpaired) electrons. The minimum absolute atomic E-state index is 0.219. The lowest BCUT2D eigenvalue weighted by molar-refractivity contribution is 0.506. The Bertz CT molecular complexity index is 2470. The Morgan fingerprint density at radius 1 is 0.744 bits per heavy atom. The number of hydrogen-bond acceptors (Lipinski definition) is 2. The quantitative estimate of drug-likeness (QED) is 0.202. The molecular formula is C40H27NOS. The van der Waals surface area contributed by atoms with Gasteiger partial charge >= 0.3 is 0 Å². The highest BCUT2D eigenvalue weighted by Crippen LogP contribution is 2.50. The maximum atomic E-state index is 6.23. The van der Waals surface area contributed by atoms with Gasteiger partial charge in [0, 0.05) is 53.5 Å². The van der Waals surface area contributed by atoms with E-state index in [0.717, 1.165) is 24.0 Å². The van der Waals surface area contributed by atoms with E-state index in [1.165, 1.54) is 69.8 Å². The number of nitrogens with zero attached hydrogens (tertiary/aromatic N) is 1. The van der Waals surface area contributed by atoms with Crippen LogP contribution < -0.4 is 0 Å². The third-order valence-corrected chi connectivity index (χ3v) is 10.8. The molecular weight excluding hydrogens is 543 g/mol. The van der Waals surface area contributed by atoms with Gasteiger partial charge in [-0.2, -0.15) is 0 Å². The summed E-state index contributed by atoms with van der Waals surface area (Å²) in [5.41, 5.74) is 10.0. The molecule has 3 aliphatic carbocycles. The number of hydrogen-bond donors (Lipinski definition) is 0. The van der Waals surface area contributed by atoms with E-state index in [-0.39, 0.29) is 6.04 Å². The van der Waals surface area contributed by atoms with Crippen molar-refractivity contribution in [1.82, 2.24) is 4.57 Å². The lowest BCUT2D eigenvalue weighted by Crippen LogP contribution is -2.22. The molecule has 0 N–H and O–H groups in total. The number of benzene rings is 4. The number of fused-ring (bicyclic) bond motifs is 11. The summed E-state index contributed by atoms with van der Waals surface area (Å²) in [5.74, 6) is 0.317. The fourth-order valence-electron chi connectivity index (χ4n) is 7.79. The zero-order valence-corrected chi connectivity index (χ0v) is 24.3. The van der Waals surface area contributed by atoms with Crippen LogP contribution in [0, 0.1) is 5.92 Å². The van der Waals surface area contributed by atoms with E-state index in [4.69, 9.17) is 4.42 Å². The number of para-hydroxylation sites is 1. The molecule has 0 saturated carbocycles. The van der Waals surface area contributed by atoms with Gasteiger partial charge in [-0.1, -0.05) is 97.1 Å². The number of thiophene rings is 1. The Balaban J connectivity index is 1.36. The van der Waals surface area contributed by atoms with Crippen LogP contribution in [-0.4, -0.2) is 4.57 Å². The van der Waals surface area contributed by atoms with E-state index in [2.05, 4.69) is 126 Å². The lowest BCUT2D eigenvalue weighted by atomic mass is 9.84. The van der Waals surface area contributed by atoms with Gasteiger partial charge in [-0.15, -0.1) is 11.3 Å². The van der Waals surface area contributed by atoms with Crippen LogP contribution in [0.1, 0.15) is 23.7 Å². The van der Waals surface area contributed by atoms with E-state index in [1.54, 1.807) is 0 Å². The SMILES string of the molecule is C1=CC2=CC=CC(n3c4c(c5c(-c6ccc7oc8ccccc8c7c6)cc6sc7ccccc7c6c53)C=CCC4)C2C=C1. The molecule has 3 heteroatoms. The highest BCUT2D eigenvalue weighted by atomic mass is 32.1. The first kappa shape index (κ1) is 23.7. The molecule has 204 valence electrons. The van der Waals surface area contributed by atoms with Crippen molar-refractivity contribution in [2.45, 2.75) is 18.9 Å². The normalized spacial score (nSPS) is 19.2. The van der Waals surface area contributed by atoms with Crippen molar-refractivity contribution in [3.8, 4) is 11.1 Å². The summed E-state index contributed by atoms with van der Waals surface area (Å²) in [6.07, 6.45) is 22.9. The molecule has 3 heterocycles. The Labute approximate surface area is 252 Å². The van der Waals surface area contributed by atoms with Gasteiger partial charge in [0.05, 0.1) is 11.6 Å². The smallest absolute Gasteiger partial charge is 0.135 e. The van der Waals surface area contributed by atoms with Crippen LogP contribution in [0.15, 0.2) is 131 Å². The Kier molecular flexibility index (Phi) is 4.86. The molecule has 4 aromatic carbocycles. The molecule has 0 aliphatic heterocycles. The van der Waals surface area contributed by atoms with Gasteiger partial charge in [0.15, 0.2) is 0 Å². The first-order valence-electron chi connectivity index (χ1n) is 15.2. The maximum Gasteiger partial charge on any atom is 0.135 e. The third-order valence-electron chi connectivity index (χ3n) is 9.64. The Morgan fingerprint density at radius 2 is 1.63 bits per heavy atom. The van der Waals surface area contributed by atoms with Gasteiger partial charge < -0.3 is 8.98 Å². The fourth-order valence-corrected chi connectivity index (χ4v) is 8.94. The second-order valence-electron chi connectivity index (χ2n) is 11.9. The zero-order valence-electron chi connectivity index (χ0n) is 23.5. The predicted molar refractivity (Wildman–Crippen MR) is 183 cm³/mol. The first-order chi connectivity index (χ1) is 21.3. The first-order valence-corrected chi connectivity index (χ1v) is 16.0. The average Bonchev–Trinajstić information content (AvgIpc) is 3.73. The van der Waals surface area contributed by atoms with Crippen molar-refractivity contribution in [2.24, 2.45) is 5.92 Å². The zero-order chi connectivity index (χ0) is 28.1. The fraction of sp³-hybridized carbons (Fsp3) is 0.100. The number of allylic oxidation sites excluding steroid dienone is 9. The van der Waals surface area contributed by atoms with Gasteiger partial charge in [-0.05, 0) is 59.9 Å². The van der Waals surface area contributed by atoms with Crippen LogP contribution in [0.4, 0.5) is 0 Å².